The maximum Gasteiger partial charge on any atom is 0.337 e. The van der Waals surface area contributed by atoms with Crippen LogP contribution in [0.5, 0.6) is 0 Å². The number of methoxy groups -OCH3 is 1. The van der Waals surface area contributed by atoms with Crippen molar-refractivity contribution in [3.63, 3.8) is 0 Å². The number of hydrogen-bond acceptors (Lipinski definition) is 4. The number of ether oxygens (including phenoxy) is 1. The summed E-state index contributed by atoms with van der Waals surface area (Å²) in [6, 6.07) is 12.6. The third kappa shape index (κ3) is 5.15. The molecule has 7 heteroatoms. The van der Waals surface area contributed by atoms with Crippen LogP contribution in [0.4, 0.5) is 10.1 Å². The monoisotopic (exact) mass is 331 g/mol. The highest BCUT2D eigenvalue weighted by molar-refractivity contribution is 7.80. The smallest absolute Gasteiger partial charge is 0.337 e. The molecule has 0 fully saturated rings. The number of anilines is 1. The zero-order valence-electron chi connectivity index (χ0n) is 12.2. The molecule has 2 N–H and O–H groups in total. The molecular weight excluding hydrogens is 317 g/mol. The lowest BCUT2D eigenvalue weighted by Gasteiger charge is -2.08. The Morgan fingerprint density at radius 3 is 2.70 bits per heavy atom. The van der Waals surface area contributed by atoms with Gasteiger partial charge in [-0.15, -0.1) is 0 Å². The largest absolute Gasteiger partial charge is 0.465 e. The van der Waals surface area contributed by atoms with Gasteiger partial charge in [-0.05, 0) is 48.1 Å². The second-order valence-corrected chi connectivity index (χ2v) is 4.86. The lowest BCUT2D eigenvalue weighted by molar-refractivity contribution is 0.0601. The second-order valence-electron chi connectivity index (χ2n) is 4.45. The minimum absolute atomic E-state index is 0.255. The summed E-state index contributed by atoms with van der Waals surface area (Å²) in [7, 11) is 1.32. The van der Waals surface area contributed by atoms with E-state index in [9.17, 15) is 9.18 Å². The average molecular weight is 331 g/mol. The Morgan fingerprint density at radius 2 is 2.00 bits per heavy atom. The first-order valence-corrected chi connectivity index (χ1v) is 7.03. The number of carbonyl (C=O) groups is 1. The predicted molar refractivity (Wildman–Crippen MR) is 91.1 cm³/mol. The van der Waals surface area contributed by atoms with Crippen LogP contribution < -0.4 is 10.7 Å². The molecule has 0 aromatic heterocycles. The highest BCUT2D eigenvalue weighted by Crippen LogP contribution is 2.11. The topological polar surface area (TPSA) is 62.7 Å². The van der Waals surface area contributed by atoms with E-state index in [0.29, 0.717) is 11.3 Å². The Kier molecular flexibility index (Phi) is 5.76. The molecule has 0 aliphatic rings. The minimum atomic E-state index is -0.429. The standard InChI is InChI=1S/C16H14FN3O2S/c1-22-15(21)12-3-2-4-14(9-12)19-16(23)20-18-10-11-5-7-13(17)8-6-11/h2-10H,1H3,(H2,19,20,23)/b18-10+. The van der Waals surface area contributed by atoms with Crippen LogP contribution in [0.1, 0.15) is 15.9 Å². The highest BCUT2D eigenvalue weighted by atomic mass is 32.1. The molecule has 0 saturated carbocycles. The summed E-state index contributed by atoms with van der Waals surface area (Å²) in [4.78, 5) is 11.5. The zero-order valence-corrected chi connectivity index (χ0v) is 13.1. The molecule has 0 heterocycles. The Labute approximate surface area is 138 Å². The van der Waals surface area contributed by atoms with Crippen LogP contribution in [0.2, 0.25) is 0 Å². The molecule has 0 aliphatic carbocycles. The van der Waals surface area contributed by atoms with Crippen LogP contribution in [0, 0.1) is 5.82 Å². The Balaban J connectivity index is 1.92. The van der Waals surface area contributed by atoms with Gasteiger partial charge in [-0.2, -0.15) is 5.10 Å². The van der Waals surface area contributed by atoms with Crippen molar-refractivity contribution in [1.29, 1.82) is 0 Å². The van der Waals surface area contributed by atoms with Gasteiger partial charge in [0.15, 0.2) is 5.11 Å². The molecule has 2 rings (SSSR count). The van der Waals surface area contributed by atoms with Crippen LogP contribution in [0.3, 0.4) is 0 Å². The first-order valence-electron chi connectivity index (χ1n) is 6.62. The van der Waals surface area contributed by atoms with E-state index in [-0.39, 0.29) is 10.9 Å². The van der Waals surface area contributed by atoms with Gasteiger partial charge >= 0.3 is 5.97 Å². The lowest BCUT2D eigenvalue weighted by atomic mass is 10.2. The average Bonchev–Trinajstić information content (AvgIpc) is 2.56. The number of rotatable bonds is 4. The Morgan fingerprint density at radius 1 is 1.26 bits per heavy atom. The Hall–Kier alpha value is -2.80. The fraction of sp³-hybridized carbons (Fsp3) is 0.0625. The molecule has 0 spiro atoms. The maximum absolute atomic E-state index is 12.8. The van der Waals surface area contributed by atoms with Crippen molar-refractivity contribution in [2.24, 2.45) is 5.10 Å². The van der Waals surface area contributed by atoms with Gasteiger partial charge in [0.05, 0.1) is 18.9 Å². The summed E-state index contributed by atoms with van der Waals surface area (Å²) in [5, 5.41) is 7.10. The number of hydrazone groups is 1. The van der Waals surface area contributed by atoms with E-state index in [1.165, 1.54) is 25.5 Å². The van der Waals surface area contributed by atoms with Crippen LogP contribution in [-0.2, 0) is 4.74 Å². The van der Waals surface area contributed by atoms with Crippen molar-refractivity contribution in [2.75, 3.05) is 12.4 Å². The van der Waals surface area contributed by atoms with Crippen molar-refractivity contribution in [3.05, 3.63) is 65.5 Å². The highest BCUT2D eigenvalue weighted by Gasteiger charge is 2.06. The molecule has 0 atom stereocenters. The summed E-state index contributed by atoms with van der Waals surface area (Å²) in [5.74, 6) is -0.736. The summed E-state index contributed by atoms with van der Waals surface area (Å²) >= 11 is 5.10. The first kappa shape index (κ1) is 16.6. The quantitative estimate of drug-likeness (QED) is 0.390. The van der Waals surface area contributed by atoms with Crippen molar-refractivity contribution >= 4 is 35.2 Å². The number of halogens is 1. The minimum Gasteiger partial charge on any atom is -0.465 e. The van der Waals surface area contributed by atoms with Crippen molar-refractivity contribution in [1.82, 2.24) is 5.43 Å². The van der Waals surface area contributed by atoms with Crippen LogP contribution in [0.25, 0.3) is 0 Å². The molecule has 0 aliphatic heterocycles. The fourth-order valence-electron chi connectivity index (χ4n) is 1.72. The van der Waals surface area contributed by atoms with Gasteiger partial charge in [0.25, 0.3) is 0 Å². The normalized spacial score (nSPS) is 10.3. The number of esters is 1. The van der Waals surface area contributed by atoms with Crippen LogP contribution >= 0.6 is 12.2 Å². The molecule has 118 valence electrons. The van der Waals surface area contributed by atoms with E-state index in [2.05, 4.69) is 20.6 Å². The van der Waals surface area contributed by atoms with Crippen molar-refractivity contribution in [2.45, 2.75) is 0 Å². The number of hydrogen-bond donors (Lipinski definition) is 2. The molecule has 2 aromatic carbocycles. The van der Waals surface area contributed by atoms with Crippen molar-refractivity contribution in [3.8, 4) is 0 Å². The number of benzene rings is 2. The van der Waals surface area contributed by atoms with E-state index < -0.39 is 5.97 Å². The first-order chi connectivity index (χ1) is 11.1. The zero-order chi connectivity index (χ0) is 16.7. The second kappa shape index (κ2) is 8.00. The van der Waals surface area contributed by atoms with Gasteiger partial charge in [-0.1, -0.05) is 18.2 Å². The molecule has 23 heavy (non-hydrogen) atoms. The molecule has 0 saturated heterocycles. The van der Waals surface area contributed by atoms with Gasteiger partial charge in [0.1, 0.15) is 5.82 Å². The molecule has 0 bridgehead atoms. The number of thiocarbonyl (C=S) groups is 1. The third-order valence-electron chi connectivity index (χ3n) is 2.79. The van der Waals surface area contributed by atoms with E-state index in [4.69, 9.17) is 12.2 Å². The molecule has 5 nitrogen and oxygen atoms in total. The van der Waals surface area contributed by atoms with Gasteiger partial charge in [-0.25, -0.2) is 9.18 Å². The summed E-state index contributed by atoms with van der Waals surface area (Å²) < 4.78 is 17.4. The van der Waals surface area contributed by atoms with Gasteiger partial charge < -0.3 is 10.1 Å². The van der Waals surface area contributed by atoms with Gasteiger partial charge in [0, 0.05) is 5.69 Å². The summed E-state index contributed by atoms with van der Waals surface area (Å²) in [6.45, 7) is 0. The molecule has 0 unspecified atom stereocenters. The number of nitrogens with zero attached hydrogens (tertiary/aromatic N) is 1. The molecule has 0 amide bonds. The fourth-order valence-corrected chi connectivity index (χ4v) is 1.89. The summed E-state index contributed by atoms with van der Waals surface area (Å²) in [5.41, 5.74) is 4.41. The van der Waals surface area contributed by atoms with E-state index in [1.807, 2.05) is 0 Å². The third-order valence-corrected chi connectivity index (χ3v) is 2.98. The maximum atomic E-state index is 12.8. The van der Waals surface area contributed by atoms with Crippen LogP contribution in [0.15, 0.2) is 53.6 Å². The summed E-state index contributed by atoms with van der Waals surface area (Å²) in [6.07, 6.45) is 1.51. The molecule has 2 aromatic rings. The van der Waals surface area contributed by atoms with E-state index >= 15 is 0 Å². The van der Waals surface area contributed by atoms with Crippen molar-refractivity contribution < 1.29 is 13.9 Å². The van der Waals surface area contributed by atoms with Gasteiger partial charge in [0.2, 0.25) is 0 Å². The van der Waals surface area contributed by atoms with E-state index in [0.717, 1.165) is 5.56 Å². The van der Waals surface area contributed by atoms with E-state index in [1.54, 1.807) is 36.4 Å². The SMILES string of the molecule is COC(=O)c1cccc(NC(=S)N/N=C/c2ccc(F)cc2)c1. The number of nitrogens with one attached hydrogen (secondary N) is 2. The lowest BCUT2D eigenvalue weighted by Crippen LogP contribution is -2.24. The molecule has 0 radical (unpaired) electrons. The Bertz CT molecular complexity index is 732. The van der Waals surface area contributed by atoms with Crippen LogP contribution in [-0.4, -0.2) is 24.4 Å². The number of carbonyl (C=O) groups excluding carboxylic acids is 1. The molecular formula is C16H14FN3O2S. The predicted octanol–water partition coefficient (Wildman–Crippen LogP) is 2.93. The van der Waals surface area contributed by atoms with Gasteiger partial charge in [-0.3, -0.25) is 5.43 Å².